The van der Waals surface area contributed by atoms with E-state index in [1.165, 1.54) is 11.4 Å². The fraction of sp³-hybridized carbons (Fsp3) is 0.706. The number of nitrogens with zero attached hydrogens (tertiary/aromatic N) is 1. The molecule has 1 atom stereocenters. The fourth-order valence-electron chi connectivity index (χ4n) is 3.10. The van der Waals surface area contributed by atoms with E-state index in [1.54, 1.807) is 0 Å². The number of Topliss-reactive ketones (excluding diaryl/α,β-unsaturated/α-hetero) is 1. The first kappa shape index (κ1) is 14.4. The van der Waals surface area contributed by atoms with Crippen molar-refractivity contribution in [1.82, 2.24) is 4.57 Å². The maximum Gasteiger partial charge on any atom is 0.165 e. The third kappa shape index (κ3) is 2.50. The molecule has 0 radical (unpaired) electrons. The number of aryl methyl sites for hydroxylation is 1. The molecule has 2 rings (SSSR count). The molecule has 0 amide bonds. The highest BCUT2D eigenvalue weighted by atomic mass is 16.1. The number of fused-ring (bicyclic) bond motifs is 1. The summed E-state index contributed by atoms with van der Waals surface area (Å²) in [6.07, 6.45) is 1.68. The van der Waals surface area contributed by atoms with Crippen molar-refractivity contribution in [3.63, 3.8) is 0 Å². The standard InChI is InChI=1S/C17H27NO/c1-11-8-13-14(9-17(6,7)10-15(13)19)18(11)12(2)16(3,4)5/h8,12H,9-10H2,1-7H3. The lowest BCUT2D eigenvalue weighted by Gasteiger charge is -2.35. The van der Waals surface area contributed by atoms with Gasteiger partial charge in [-0.3, -0.25) is 4.79 Å². The van der Waals surface area contributed by atoms with Crippen LogP contribution in [0.25, 0.3) is 0 Å². The van der Waals surface area contributed by atoms with Crippen molar-refractivity contribution in [3.05, 3.63) is 23.0 Å². The highest BCUT2D eigenvalue weighted by Gasteiger charge is 2.36. The number of rotatable bonds is 1. The minimum Gasteiger partial charge on any atom is -0.345 e. The molecule has 0 spiro atoms. The molecule has 0 bridgehead atoms. The SMILES string of the molecule is Cc1cc2c(n1C(C)C(C)(C)C)CC(C)(C)CC2=O. The van der Waals surface area contributed by atoms with Crippen LogP contribution in [-0.4, -0.2) is 10.4 Å². The molecule has 0 aliphatic heterocycles. The first-order valence-corrected chi connectivity index (χ1v) is 7.27. The Hall–Kier alpha value is -1.05. The van der Waals surface area contributed by atoms with Crippen molar-refractivity contribution in [2.24, 2.45) is 10.8 Å². The van der Waals surface area contributed by atoms with E-state index >= 15 is 0 Å². The molecule has 1 aromatic heterocycles. The van der Waals surface area contributed by atoms with Crippen LogP contribution in [0, 0.1) is 17.8 Å². The second-order valence-electron chi connectivity index (χ2n) is 8.00. The molecule has 0 aromatic carbocycles. The van der Waals surface area contributed by atoms with Crippen LogP contribution in [-0.2, 0) is 6.42 Å². The van der Waals surface area contributed by atoms with Crippen LogP contribution in [0.4, 0.5) is 0 Å². The van der Waals surface area contributed by atoms with Gasteiger partial charge in [-0.2, -0.15) is 0 Å². The molecule has 1 aliphatic rings. The molecule has 0 N–H and O–H groups in total. The van der Waals surface area contributed by atoms with Gasteiger partial charge in [-0.15, -0.1) is 0 Å². The molecule has 2 nitrogen and oxygen atoms in total. The van der Waals surface area contributed by atoms with Gasteiger partial charge in [0.05, 0.1) is 0 Å². The van der Waals surface area contributed by atoms with Crippen LogP contribution in [0.1, 0.15) is 75.8 Å². The van der Waals surface area contributed by atoms with Gasteiger partial charge < -0.3 is 4.57 Å². The zero-order valence-electron chi connectivity index (χ0n) is 13.4. The number of hydrogen-bond acceptors (Lipinski definition) is 1. The maximum atomic E-state index is 12.3. The van der Waals surface area contributed by atoms with E-state index in [4.69, 9.17) is 0 Å². The second-order valence-corrected chi connectivity index (χ2v) is 8.00. The van der Waals surface area contributed by atoms with Gasteiger partial charge in [0.15, 0.2) is 5.78 Å². The lowest BCUT2D eigenvalue weighted by molar-refractivity contribution is 0.0907. The van der Waals surface area contributed by atoms with Crippen molar-refractivity contribution in [1.29, 1.82) is 0 Å². The molecular weight excluding hydrogens is 234 g/mol. The summed E-state index contributed by atoms with van der Waals surface area (Å²) in [7, 11) is 0. The third-order valence-corrected chi connectivity index (χ3v) is 4.56. The molecule has 1 aliphatic carbocycles. The number of carbonyl (C=O) groups is 1. The van der Waals surface area contributed by atoms with Crippen LogP contribution in [0.2, 0.25) is 0 Å². The quantitative estimate of drug-likeness (QED) is 0.726. The van der Waals surface area contributed by atoms with Crippen LogP contribution in [0.15, 0.2) is 6.07 Å². The van der Waals surface area contributed by atoms with Crippen molar-refractivity contribution in [3.8, 4) is 0 Å². The molecule has 106 valence electrons. The lowest BCUT2D eigenvalue weighted by atomic mass is 9.76. The normalized spacial score (nSPS) is 20.3. The first-order valence-electron chi connectivity index (χ1n) is 7.27. The molecule has 2 heteroatoms. The Kier molecular flexibility index (Phi) is 3.19. The Balaban J connectivity index is 2.57. The monoisotopic (exact) mass is 261 g/mol. The second kappa shape index (κ2) is 4.22. The van der Waals surface area contributed by atoms with Gasteiger partial charge in [0.2, 0.25) is 0 Å². The molecule has 19 heavy (non-hydrogen) atoms. The van der Waals surface area contributed by atoms with Crippen LogP contribution in [0.3, 0.4) is 0 Å². The van der Waals surface area contributed by atoms with E-state index < -0.39 is 0 Å². The summed E-state index contributed by atoms with van der Waals surface area (Å²) in [6.45, 7) is 15.6. The Bertz CT molecular complexity index is 514. The first-order chi connectivity index (χ1) is 8.53. The molecule has 1 heterocycles. The van der Waals surface area contributed by atoms with E-state index in [9.17, 15) is 4.79 Å². The topological polar surface area (TPSA) is 22.0 Å². The molecule has 1 unspecified atom stereocenters. The van der Waals surface area contributed by atoms with Gasteiger partial charge >= 0.3 is 0 Å². The van der Waals surface area contributed by atoms with Crippen molar-refractivity contribution < 1.29 is 4.79 Å². The van der Waals surface area contributed by atoms with Gasteiger partial charge in [-0.1, -0.05) is 34.6 Å². The van der Waals surface area contributed by atoms with E-state index in [2.05, 4.69) is 59.1 Å². The summed E-state index contributed by atoms with van der Waals surface area (Å²) in [6, 6.07) is 2.49. The zero-order chi connectivity index (χ0) is 14.6. The van der Waals surface area contributed by atoms with Gasteiger partial charge in [0.25, 0.3) is 0 Å². The number of aromatic nitrogens is 1. The summed E-state index contributed by atoms with van der Waals surface area (Å²) in [4.78, 5) is 12.3. The predicted molar refractivity (Wildman–Crippen MR) is 79.8 cm³/mol. The van der Waals surface area contributed by atoms with Gasteiger partial charge in [0, 0.05) is 29.4 Å². The smallest absolute Gasteiger partial charge is 0.165 e. The molecular formula is C17H27NO. The number of hydrogen-bond donors (Lipinski definition) is 0. The molecule has 0 saturated carbocycles. The van der Waals surface area contributed by atoms with Crippen molar-refractivity contribution in [2.45, 2.75) is 67.3 Å². The van der Waals surface area contributed by atoms with Gasteiger partial charge in [-0.25, -0.2) is 0 Å². The summed E-state index contributed by atoms with van der Waals surface area (Å²) in [5.74, 6) is 0.314. The maximum absolute atomic E-state index is 12.3. The van der Waals surface area contributed by atoms with Crippen LogP contribution >= 0.6 is 0 Å². The van der Waals surface area contributed by atoms with Crippen LogP contribution in [0.5, 0.6) is 0 Å². The van der Waals surface area contributed by atoms with Gasteiger partial charge in [-0.05, 0) is 37.2 Å². The molecule has 0 fully saturated rings. The number of carbonyl (C=O) groups excluding carboxylic acids is 1. The summed E-state index contributed by atoms with van der Waals surface area (Å²) in [5.41, 5.74) is 3.72. The zero-order valence-corrected chi connectivity index (χ0v) is 13.4. The van der Waals surface area contributed by atoms with Gasteiger partial charge in [0.1, 0.15) is 0 Å². The summed E-state index contributed by atoms with van der Waals surface area (Å²) >= 11 is 0. The van der Waals surface area contributed by atoms with E-state index in [0.29, 0.717) is 18.2 Å². The van der Waals surface area contributed by atoms with E-state index in [0.717, 1.165) is 12.0 Å². The fourth-order valence-corrected chi connectivity index (χ4v) is 3.10. The van der Waals surface area contributed by atoms with Crippen LogP contribution < -0.4 is 0 Å². The Labute approximate surface area is 117 Å². The largest absolute Gasteiger partial charge is 0.345 e. The molecule has 1 aromatic rings. The lowest BCUT2D eigenvalue weighted by Crippen LogP contribution is -2.31. The number of ketones is 1. The summed E-state index contributed by atoms with van der Waals surface area (Å²) < 4.78 is 2.40. The minimum absolute atomic E-state index is 0.0875. The predicted octanol–water partition coefficient (Wildman–Crippen LogP) is 4.56. The Morgan fingerprint density at radius 1 is 1.26 bits per heavy atom. The third-order valence-electron chi connectivity index (χ3n) is 4.56. The van der Waals surface area contributed by atoms with E-state index in [1.807, 2.05) is 0 Å². The Morgan fingerprint density at radius 2 is 1.84 bits per heavy atom. The van der Waals surface area contributed by atoms with Crippen molar-refractivity contribution in [2.75, 3.05) is 0 Å². The molecule has 0 saturated heterocycles. The average Bonchev–Trinajstić information content (AvgIpc) is 2.51. The summed E-state index contributed by atoms with van der Waals surface area (Å²) in [5, 5.41) is 0. The van der Waals surface area contributed by atoms with Crippen molar-refractivity contribution >= 4 is 5.78 Å². The average molecular weight is 261 g/mol. The Morgan fingerprint density at radius 3 is 2.37 bits per heavy atom. The minimum atomic E-state index is 0.0875. The highest BCUT2D eigenvalue weighted by Crippen LogP contribution is 2.40. The van der Waals surface area contributed by atoms with E-state index in [-0.39, 0.29) is 10.8 Å². The highest BCUT2D eigenvalue weighted by molar-refractivity contribution is 5.99.